The van der Waals surface area contributed by atoms with Crippen LogP contribution >= 0.6 is 0 Å². The van der Waals surface area contributed by atoms with Crippen LogP contribution in [-0.2, 0) is 23.9 Å². The van der Waals surface area contributed by atoms with Crippen LogP contribution in [-0.4, -0.2) is 98.1 Å². The molecule has 0 bridgehead atoms. The van der Waals surface area contributed by atoms with Crippen LogP contribution in [0.3, 0.4) is 0 Å². The SMILES string of the molecule is COCCN1C[C@H](C(=O)N2CCN(C(=O)[C@H]3CCCO3)CC2)CC1=O. The number of rotatable bonds is 5. The highest BCUT2D eigenvalue weighted by Gasteiger charge is 2.38. The smallest absolute Gasteiger partial charge is 0.251 e. The second-order valence-electron chi connectivity index (χ2n) is 6.89. The van der Waals surface area contributed by atoms with Crippen molar-refractivity contribution in [3.63, 3.8) is 0 Å². The zero-order valence-corrected chi connectivity index (χ0v) is 14.8. The molecule has 0 unspecified atom stereocenters. The molecule has 0 N–H and O–H groups in total. The standard InChI is InChI=1S/C17H27N3O5/c1-24-10-8-20-12-13(11-15(20)21)16(22)18-4-6-19(7-5-18)17(23)14-3-2-9-25-14/h13-14H,2-12H2,1H3/t13-,14-/m1/s1. The van der Waals surface area contributed by atoms with Gasteiger partial charge in [0.1, 0.15) is 6.10 Å². The summed E-state index contributed by atoms with van der Waals surface area (Å²) >= 11 is 0. The van der Waals surface area contributed by atoms with Crippen LogP contribution in [0, 0.1) is 5.92 Å². The fourth-order valence-corrected chi connectivity index (χ4v) is 3.74. The zero-order chi connectivity index (χ0) is 17.8. The lowest BCUT2D eigenvalue weighted by molar-refractivity contribution is -0.147. The summed E-state index contributed by atoms with van der Waals surface area (Å²) in [4.78, 5) is 42.3. The van der Waals surface area contributed by atoms with Gasteiger partial charge in [-0.05, 0) is 12.8 Å². The number of nitrogens with zero attached hydrogens (tertiary/aromatic N) is 3. The molecule has 3 saturated heterocycles. The first-order valence-electron chi connectivity index (χ1n) is 9.06. The van der Waals surface area contributed by atoms with Gasteiger partial charge in [0, 0.05) is 59.4 Å². The number of hydrogen-bond acceptors (Lipinski definition) is 5. The van der Waals surface area contributed by atoms with Crippen molar-refractivity contribution in [2.45, 2.75) is 25.4 Å². The van der Waals surface area contributed by atoms with Gasteiger partial charge in [-0.1, -0.05) is 0 Å². The van der Waals surface area contributed by atoms with E-state index in [0.29, 0.717) is 52.5 Å². The highest BCUT2D eigenvalue weighted by Crippen LogP contribution is 2.21. The molecule has 3 amide bonds. The van der Waals surface area contributed by atoms with Crippen LogP contribution in [0.25, 0.3) is 0 Å². The third-order valence-corrected chi connectivity index (χ3v) is 5.24. The third kappa shape index (κ3) is 4.12. The molecule has 3 aliphatic rings. The van der Waals surface area contributed by atoms with Crippen molar-refractivity contribution in [3.8, 4) is 0 Å². The van der Waals surface area contributed by atoms with Crippen LogP contribution in [0.5, 0.6) is 0 Å². The Morgan fingerprint density at radius 2 is 1.84 bits per heavy atom. The van der Waals surface area contributed by atoms with E-state index >= 15 is 0 Å². The van der Waals surface area contributed by atoms with Crippen LogP contribution in [0.2, 0.25) is 0 Å². The van der Waals surface area contributed by atoms with Crippen LogP contribution < -0.4 is 0 Å². The van der Waals surface area contributed by atoms with Gasteiger partial charge < -0.3 is 24.2 Å². The maximum atomic E-state index is 12.7. The Labute approximate surface area is 148 Å². The average Bonchev–Trinajstić information content (AvgIpc) is 3.29. The molecule has 0 saturated carbocycles. The predicted molar refractivity (Wildman–Crippen MR) is 88.7 cm³/mol. The van der Waals surface area contributed by atoms with E-state index in [4.69, 9.17) is 9.47 Å². The van der Waals surface area contributed by atoms with Crippen LogP contribution in [0.15, 0.2) is 0 Å². The van der Waals surface area contributed by atoms with Gasteiger partial charge in [-0.3, -0.25) is 14.4 Å². The zero-order valence-electron chi connectivity index (χ0n) is 14.8. The Morgan fingerprint density at radius 3 is 2.44 bits per heavy atom. The number of methoxy groups -OCH3 is 1. The number of piperazine rings is 1. The predicted octanol–water partition coefficient (Wildman–Crippen LogP) is -0.669. The average molecular weight is 353 g/mol. The Kier molecular flexibility index (Phi) is 5.90. The normalized spacial score (nSPS) is 27.2. The molecule has 2 atom stereocenters. The molecule has 3 aliphatic heterocycles. The molecule has 8 nitrogen and oxygen atoms in total. The number of amides is 3. The molecular formula is C17H27N3O5. The second kappa shape index (κ2) is 8.14. The molecule has 0 aromatic carbocycles. The van der Waals surface area contributed by atoms with Crippen molar-refractivity contribution in [2.75, 3.05) is 59.6 Å². The van der Waals surface area contributed by atoms with Gasteiger partial charge in [-0.2, -0.15) is 0 Å². The molecule has 140 valence electrons. The van der Waals surface area contributed by atoms with E-state index in [0.717, 1.165) is 12.8 Å². The van der Waals surface area contributed by atoms with E-state index in [9.17, 15) is 14.4 Å². The van der Waals surface area contributed by atoms with Crippen molar-refractivity contribution in [2.24, 2.45) is 5.92 Å². The summed E-state index contributed by atoms with van der Waals surface area (Å²) in [5.74, 6) is -0.184. The number of hydrogen-bond donors (Lipinski definition) is 0. The quantitative estimate of drug-likeness (QED) is 0.655. The van der Waals surface area contributed by atoms with Crippen molar-refractivity contribution >= 4 is 17.7 Å². The third-order valence-electron chi connectivity index (χ3n) is 5.24. The van der Waals surface area contributed by atoms with E-state index in [1.807, 2.05) is 0 Å². The molecule has 8 heteroatoms. The van der Waals surface area contributed by atoms with Gasteiger partial charge in [0.2, 0.25) is 11.8 Å². The summed E-state index contributed by atoms with van der Waals surface area (Å²) in [7, 11) is 1.60. The van der Waals surface area contributed by atoms with Crippen LogP contribution in [0.4, 0.5) is 0 Å². The monoisotopic (exact) mass is 353 g/mol. The lowest BCUT2D eigenvalue weighted by atomic mass is 10.1. The lowest BCUT2D eigenvalue weighted by Gasteiger charge is -2.36. The lowest BCUT2D eigenvalue weighted by Crippen LogP contribution is -2.54. The molecule has 0 aliphatic carbocycles. The van der Waals surface area contributed by atoms with E-state index in [1.54, 1.807) is 21.8 Å². The topological polar surface area (TPSA) is 79.4 Å². The first-order valence-corrected chi connectivity index (χ1v) is 9.06. The molecule has 0 radical (unpaired) electrons. The van der Waals surface area contributed by atoms with E-state index in [-0.39, 0.29) is 36.2 Å². The summed E-state index contributed by atoms with van der Waals surface area (Å²) in [6.07, 6.45) is 1.70. The fraction of sp³-hybridized carbons (Fsp3) is 0.824. The number of likely N-dealkylation sites (tertiary alicyclic amines) is 1. The second-order valence-corrected chi connectivity index (χ2v) is 6.89. The van der Waals surface area contributed by atoms with Gasteiger partial charge in [-0.15, -0.1) is 0 Å². The van der Waals surface area contributed by atoms with Gasteiger partial charge in [0.05, 0.1) is 12.5 Å². The summed E-state index contributed by atoms with van der Waals surface area (Å²) in [5.41, 5.74) is 0. The first kappa shape index (κ1) is 18.1. The van der Waals surface area contributed by atoms with Crippen molar-refractivity contribution in [3.05, 3.63) is 0 Å². The molecule has 25 heavy (non-hydrogen) atoms. The Morgan fingerprint density at radius 1 is 1.16 bits per heavy atom. The Balaban J connectivity index is 1.47. The van der Waals surface area contributed by atoms with Gasteiger partial charge in [0.25, 0.3) is 5.91 Å². The fourth-order valence-electron chi connectivity index (χ4n) is 3.74. The van der Waals surface area contributed by atoms with Crippen molar-refractivity contribution < 1.29 is 23.9 Å². The van der Waals surface area contributed by atoms with Crippen molar-refractivity contribution in [1.82, 2.24) is 14.7 Å². The van der Waals surface area contributed by atoms with E-state index in [1.165, 1.54) is 0 Å². The van der Waals surface area contributed by atoms with Gasteiger partial charge in [-0.25, -0.2) is 0 Å². The molecule has 3 rings (SSSR count). The first-order chi connectivity index (χ1) is 12.1. The number of ether oxygens (including phenoxy) is 2. The Hall–Kier alpha value is -1.67. The van der Waals surface area contributed by atoms with E-state index in [2.05, 4.69) is 0 Å². The molecule has 0 aromatic rings. The largest absolute Gasteiger partial charge is 0.383 e. The summed E-state index contributed by atoms with van der Waals surface area (Å²) in [6.45, 7) is 4.27. The summed E-state index contributed by atoms with van der Waals surface area (Å²) in [5, 5.41) is 0. The molecule has 3 heterocycles. The highest BCUT2D eigenvalue weighted by molar-refractivity contribution is 5.89. The maximum Gasteiger partial charge on any atom is 0.251 e. The molecule has 0 aromatic heterocycles. The minimum Gasteiger partial charge on any atom is -0.383 e. The summed E-state index contributed by atoms with van der Waals surface area (Å²) in [6, 6.07) is 0. The Bertz CT molecular complexity index is 512. The van der Waals surface area contributed by atoms with Crippen molar-refractivity contribution in [1.29, 1.82) is 0 Å². The maximum absolute atomic E-state index is 12.7. The van der Waals surface area contributed by atoms with Crippen LogP contribution in [0.1, 0.15) is 19.3 Å². The highest BCUT2D eigenvalue weighted by atomic mass is 16.5. The molecule has 3 fully saturated rings. The minimum atomic E-state index is -0.302. The molecular weight excluding hydrogens is 326 g/mol. The minimum absolute atomic E-state index is 0.0163. The van der Waals surface area contributed by atoms with Gasteiger partial charge in [0.15, 0.2) is 0 Å². The number of carbonyl (C=O) groups excluding carboxylic acids is 3. The number of carbonyl (C=O) groups is 3. The molecule has 0 spiro atoms. The van der Waals surface area contributed by atoms with E-state index < -0.39 is 0 Å². The summed E-state index contributed by atoms with van der Waals surface area (Å²) < 4.78 is 10.5. The van der Waals surface area contributed by atoms with Gasteiger partial charge >= 0.3 is 0 Å².